The fourth-order valence-electron chi connectivity index (χ4n) is 2.70. The van der Waals surface area contributed by atoms with Crippen LogP contribution in [0.5, 0.6) is 0 Å². The van der Waals surface area contributed by atoms with Crippen LogP contribution in [0.15, 0.2) is 36.0 Å². The van der Waals surface area contributed by atoms with Gasteiger partial charge in [0.15, 0.2) is 0 Å². The summed E-state index contributed by atoms with van der Waals surface area (Å²) < 4.78 is 10.3. The number of imide groups is 1. The molecule has 1 aliphatic heterocycles. The second-order valence-corrected chi connectivity index (χ2v) is 7.27. The molecule has 27 heavy (non-hydrogen) atoms. The minimum Gasteiger partial charge on any atom is -0.460 e. The van der Waals surface area contributed by atoms with Gasteiger partial charge in [-0.15, -0.1) is 0 Å². The van der Waals surface area contributed by atoms with Gasteiger partial charge in [-0.25, -0.2) is 9.69 Å². The Balaban J connectivity index is 2.20. The van der Waals surface area contributed by atoms with Crippen molar-refractivity contribution >= 4 is 24.0 Å². The van der Waals surface area contributed by atoms with Crippen LogP contribution in [0, 0.1) is 5.92 Å². The summed E-state index contributed by atoms with van der Waals surface area (Å²) in [6.07, 6.45) is 0.723. The molecule has 1 saturated heterocycles. The number of cyclic esters (lactones) is 1. The van der Waals surface area contributed by atoms with Gasteiger partial charge in [-0.05, 0) is 38.8 Å². The van der Waals surface area contributed by atoms with Gasteiger partial charge in [0, 0.05) is 6.61 Å². The molecule has 2 amide bonds. The Morgan fingerprint density at radius 2 is 1.96 bits per heavy atom. The van der Waals surface area contributed by atoms with Gasteiger partial charge in [-0.2, -0.15) is 0 Å². The third-order valence-corrected chi connectivity index (χ3v) is 3.83. The monoisotopic (exact) mass is 375 g/mol. The first-order valence-electron chi connectivity index (χ1n) is 8.80. The smallest absolute Gasteiger partial charge is 0.421 e. The van der Waals surface area contributed by atoms with Crippen LogP contribution in [0.25, 0.3) is 6.08 Å². The van der Waals surface area contributed by atoms with E-state index in [0.717, 1.165) is 10.5 Å². The summed E-state index contributed by atoms with van der Waals surface area (Å²) in [7, 11) is 0. The number of amides is 2. The Morgan fingerprint density at radius 3 is 2.56 bits per heavy atom. The van der Waals surface area contributed by atoms with Crippen molar-refractivity contribution in [3.05, 3.63) is 41.6 Å². The zero-order valence-corrected chi connectivity index (χ0v) is 15.8. The number of nitrogens with zero attached hydrogens (tertiary/aromatic N) is 1. The highest BCUT2D eigenvalue weighted by molar-refractivity contribution is 5.99. The average molecular weight is 375 g/mol. The number of hydrogen-bond donors (Lipinski definition) is 1. The van der Waals surface area contributed by atoms with Gasteiger partial charge < -0.3 is 14.6 Å². The Labute approximate surface area is 158 Å². The molecule has 7 heteroatoms. The maximum Gasteiger partial charge on any atom is 0.421 e. The van der Waals surface area contributed by atoms with Gasteiger partial charge in [0.1, 0.15) is 12.2 Å². The first-order valence-corrected chi connectivity index (χ1v) is 8.80. The van der Waals surface area contributed by atoms with E-state index < -0.39 is 29.5 Å². The zero-order chi connectivity index (χ0) is 20.0. The van der Waals surface area contributed by atoms with Gasteiger partial charge in [0.05, 0.1) is 18.0 Å². The topological polar surface area (TPSA) is 93.1 Å². The number of esters is 1. The van der Waals surface area contributed by atoms with E-state index in [4.69, 9.17) is 9.47 Å². The third kappa shape index (κ3) is 5.92. The molecule has 1 N–H and O–H groups in total. The zero-order valence-electron chi connectivity index (χ0n) is 15.8. The van der Waals surface area contributed by atoms with E-state index in [1.807, 2.05) is 30.3 Å². The molecule has 0 bridgehead atoms. The number of rotatable bonds is 6. The highest BCUT2D eigenvalue weighted by atomic mass is 16.6. The molecule has 1 atom stereocenters. The van der Waals surface area contributed by atoms with E-state index >= 15 is 0 Å². The molecule has 1 fully saturated rings. The largest absolute Gasteiger partial charge is 0.460 e. The lowest BCUT2D eigenvalue weighted by Crippen LogP contribution is -2.38. The lowest BCUT2D eigenvalue weighted by molar-refractivity contribution is -0.158. The quantitative estimate of drug-likeness (QED) is 0.769. The SMILES string of the molecule is CC(C)(C)OC(=O)CC(CCO)C(=O)N1C(=O)OC/C1=C\c1ccccc1. The molecule has 1 unspecified atom stereocenters. The molecule has 146 valence electrons. The Morgan fingerprint density at radius 1 is 1.30 bits per heavy atom. The van der Waals surface area contributed by atoms with Crippen LogP contribution >= 0.6 is 0 Å². The standard InChI is InChI=1S/C20H25NO6/c1-20(2,3)27-17(23)12-15(9-10-22)18(24)21-16(13-26-19(21)25)11-14-7-5-4-6-8-14/h4-8,11,15,22H,9-10,12-13H2,1-3H3/b16-11+. The summed E-state index contributed by atoms with van der Waals surface area (Å²) in [5.74, 6) is -2.02. The fourth-order valence-corrected chi connectivity index (χ4v) is 2.70. The van der Waals surface area contributed by atoms with Crippen molar-refractivity contribution < 1.29 is 29.0 Å². The summed E-state index contributed by atoms with van der Waals surface area (Å²) >= 11 is 0. The van der Waals surface area contributed by atoms with Crippen molar-refractivity contribution in [2.24, 2.45) is 5.92 Å². The number of ether oxygens (including phenoxy) is 2. The maximum atomic E-state index is 12.9. The van der Waals surface area contributed by atoms with Crippen molar-refractivity contribution in [3.63, 3.8) is 0 Å². The van der Waals surface area contributed by atoms with E-state index in [1.165, 1.54) is 0 Å². The maximum absolute atomic E-state index is 12.9. The van der Waals surface area contributed by atoms with Crippen LogP contribution in [0.1, 0.15) is 39.2 Å². The van der Waals surface area contributed by atoms with E-state index in [2.05, 4.69) is 0 Å². The molecular weight excluding hydrogens is 350 g/mol. The molecule has 1 aliphatic rings. The van der Waals surface area contributed by atoms with Gasteiger partial charge in [-0.1, -0.05) is 30.3 Å². The Bertz CT molecular complexity index is 720. The van der Waals surface area contributed by atoms with Gasteiger partial charge in [0.2, 0.25) is 5.91 Å². The summed E-state index contributed by atoms with van der Waals surface area (Å²) in [5.41, 5.74) is 0.521. The molecule has 0 radical (unpaired) electrons. The molecule has 0 spiro atoms. The molecule has 0 aliphatic carbocycles. The predicted octanol–water partition coefficient (Wildman–Crippen LogP) is 2.74. The Hall–Kier alpha value is -2.67. The van der Waals surface area contributed by atoms with E-state index in [9.17, 15) is 19.5 Å². The molecule has 1 aromatic carbocycles. The minimum atomic E-state index is -0.880. The summed E-state index contributed by atoms with van der Waals surface area (Å²) in [4.78, 5) is 38.1. The molecule has 0 saturated carbocycles. The first kappa shape index (κ1) is 20.6. The van der Waals surface area contributed by atoms with Gasteiger partial charge in [-0.3, -0.25) is 9.59 Å². The van der Waals surface area contributed by atoms with Crippen molar-refractivity contribution in [1.82, 2.24) is 4.90 Å². The van der Waals surface area contributed by atoms with E-state index in [-0.39, 0.29) is 26.1 Å². The third-order valence-electron chi connectivity index (χ3n) is 3.83. The number of benzene rings is 1. The predicted molar refractivity (Wildman–Crippen MR) is 98.3 cm³/mol. The van der Waals surface area contributed by atoms with Crippen LogP contribution in [0.4, 0.5) is 4.79 Å². The van der Waals surface area contributed by atoms with Gasteiger partial charge >= 0.3 is 12.1 Å². The second kappa shape index (κ2) is 8.81. The molecule has 7 nitrogen and oxygen atoms in total. The number of carbonyl (C=O) groups excluding carboxylic acids is 3. The highest BCUT2D eigenvalue weighted by Crippen LogP contribution is 2.25. The molecule has 1 heterocycles. The molecule has 0 aromatic heterocycles. The van der Waals surface area contributed by atoms with Crippen molar-refractivity contribution in [2.45, 2.75) is 39.2 Å². The number of aliphatic hydroxyl groups excluding tert-OH is 1. The number of aliphatic hydroxyl groups is 1. The normalized spacial score (nSPS) is 17.0. The van der Waals surface area contributed by atoms with Crippen LogP contribution in [0.3, 0.4) is 0 Å². The molecule has 1 aromatic rings. The van der Waals surface area contributed by atoms with Crippen molar-refractivity contribution in [3.8, 4) is 0 Å². The lowest BCUT2D eigenvalue weighted by Gasteiger charge is -2.23. The Kier molecular flexibility index (Phi) is 6.74. The molecule has 2 rings (SSSR count). The van der Waals surface area contributed by atoms with Crippen LogP contribution in [-0.2, 0) is 19.1 Å². The van der Waals surface area contributed by atoms with Crippen molar-refractivity contribution in [1.29, 1.82) is 0 Å². The van der Waals surface area contributed by atoms with Gasteiger partial charge in [0.25, 0.3) is 0 Å². The minimum absolute atomic E-state index is 0.0300. The second-order valence-electron chi connectivity index (χ2n) is 7.27. The van der Waals surface area contributed by atoms with Crippen molar-refractivity contribution in [2.75, 3.05) is 13.2 Å². The lowest BCUT2D eigenvalue weighted by atomic mass is 9.99. The first-order chi connectivity index (χ1) is 12.7. The van der Waals surface area contributed by atoms with E-state index in [1.54, 1.807) is 26.8 Å². The molecular formula is C20H25NO6. The summed E-state index contributed by atoms with van der Waals surface area (Å²) in [6.45, 7) is 4.86. The highest BCUT2D eigenvalue weighted by Gasteiger charge is 2.38. The van der Waals surface area contributed by atoms with Crippen LogP contribution in [0.2, 0.25) is 0 Å². The number of carbonyl (C=O) groups is 3. The fraction of sp³-hybridized carbons (Fsp3) is 0.450. The summed E-state index contributed by atoms with van der Waals surface area (Å²) in [5, 5.41) is 9.29. The average Bonchev–Trinajstić information content (AvgIpc) is 2.93. The van der Waals surface area contributed by atoms with Crippen LogP contribution in [-0.4, -0.2) is 46.8 Å². The number of hydrogen-bond acceptors (Lipinski definition) is 6. The summed E-state index contributed by atoms with van der Waals surface area (Å²) in [6, 6.07) is 9.22. The van der Waals surface area contributed by atoms with E-state index in [0.29, 0.717) is 5.70 Å². The van der Waals surface area contributed by atoms with Crippen LogP contribution < -0.4 is 0 Å².